The maximum absolute atomic E-state index is 12.5. The van der Waals surface area contributed by atoms with Crippen LogP contribution in [0.25, 0.3) is 0 Å². The molecule has 35 heavy (non-hydrogen) atoms. The summed E-state index contributed by atoms with van der Waals surface area (Å²) >= 11 is 6.02. The van der Waals surface area contributed by atoms with Crippen molar-refractivity contribution in [2.75, 3.05) is 6.61 Å². The molecule has 0 aliphatic heterocycles. The molecule has 0 saturated heterocycles. The molecule has 0 fully saturated rings. The number of benzene rings is 2. The highest BCUT2D eigenvalue weighted by Gasteiger charge is 2.23. The molecule has 0 amide bonds. The van der Waals surface area contributed by atoms with Crippen molar-refractivity contribution in [1.29, 1.82) is 5.26 Å². The lowest BCUT2D eigenvalue weighted by molar-refractivity contribution is -0.134. The normalized spacial score (nSPS) is 11.5. The van der Waals surface area contributed by atoms with E-state index in [1.54, 1.807) is 38.1 Å². The zero-order valence-electron chi connectivity index (χ0n) is 20.7. The fraction of sp³-hybridized carbons (Fsp3) is 0.464. The molecule has 1 unspecified atom stereocenters. The lowest BCUT2D eigenvalue weighted by Crippen LogP contribution is -2.25. The highest BCUT2D eigenvalue weighted by atomic mass is 35.5. The summed E-state index contributed by atoms with van der Waals surface area (Å²) in [6.07, 6.45) is 8.56. The summed E-state index contributed by atoms with van der Waals surface area (Å²) in [6, 6.07) is 12.9. The first-order valence-electron chi connectivity index (χ1n) is 12.2. The predicted octanol–water partition coefficient (Wildman–Crippen LogP) is 7.08. The van der Waals surface area contributed by atoms with Crippen molar-refractivity contribution in [3.63, 3.8) is 0 Å². The van der Waals surface area contributed by atoms with Gasteiger partial charge in [0, 0.05) is 0 Å². The molecule has 0 spiro atoms. The van der Waals surface area contributed by atoms with E-state index in [4.69, 9.17) is 25.8 Å². The second kappa shape index (κ2) is 15.1. The zero-order valence-corrected chi connectivity index (χ0v) is 21.5. The Bertz CT molecular complexity index is 997. The smallest absolute Gasteiger partial charge is 0.343 e. The van der Waals surface area contributed by atoms with Gasteiger partial charge in [-0.05, 0) is 54.8 Å². The van der Waals surface area contributed by atoms with E-state index in [2.05, 4.69) is 6.92 Å². The summed E-state index contributed by atoms with van der Waals surface area (Å²) in [5.74, 6) is -0.290. The molecule has 0 N–H and O–H groups in total. The Morgan fingerprint density at radius 1 is 0.914 bits per heavy atom. The molecule has 7 heteroatoms. The highest BCUT2D eigenvalue weighted by molar-refractivity contribution is 6.30. The molecule has 0 heterocycles. The fourth-order valence-corrected chi connectivity index (χ4v) is 3.33. The first-order valence-corrected chi connectivity index (χ1v) is 12.6. The molecule has 2 aromatic carbocycles. The minimum absolute atomic E-state index is 0.0366. The van der Waals surface area contributed by atoms with Crippen LogP contribution in [-0.2, 0) is 4.79 Å². The number of nitrogens with zero attached hydrogens (tertiary/aromatic N) is 1. The van der Waals surface area contributed by atoms with Gasteiger partial charge in [-0.1, -0.05) is 59.3 Å². The van der Waals surface area contributed by atoms with Gasteiger partial charge in [-0.3, -0.25) is 4.79 Å². The Labute approximate surface area is 213 Å². The van der Waals surface area contributed by atoms with Crippen LogP contribution >= 0.6 is 11.6 Å². The first kappa shape index (κ1) is 28.2. The standard InChI is InChI=1S/C28H34ClNO5/c1-4-5-6-7-8-9-10-17-33-23-12-14-24(15-13-23)34-27(31)21-11-16-25(22(18-21)19-30)35-28(32)26(29)20(2)3/h11-16,18,20,26H,4-10,17H2,1-3H3. The molecule has 2 aromatic rings. The topological polar surface area (TPSA) is 85.6 Å². The number of alkyl halides is 1. The quantitative estimate of drug-likeness (QED) is 0.119. The average Bonchev–Trinajstić information content (AvgIpc) is 2.86. The van der Waals surface area contributed by atoms with Gasteiger partial charge in [-0.2, -0.15) is 5.26 Å². The van der Waals surface area contributed by atoms with E-state index in [0.29, 0.717) is 18.1 Å². The van der Waals surface area contributed by atoms with Crippen molar-refractivity contribution in [2.45, 2.75) is 71.1 Å². The minimum Gasteiger partial charge on any atom is -0.494 e. The minimum atomic E-state index is -0.839. The van der Waals surface area contributed by atoms with Crippen molar-refractivity contribution in [3.8, 4) is 23.3 Å². The van der Waals surface area contributed by atoms with Gasteiger partial charge in [0.05, 0.1) is 17.7 Å². The van der Waals surface area contributed by atoms with Gasteiger partial charge in [0.15, 0.2) is 0 Å². The van der Waals surface area contributed by atoms with Gasteiger partial charge in [0.1, 0.15) is 28.7 Å². The SMILES string of the molecule is CCCCCCCCCOc1ccc(OC(=O)c2ccc(OC(=O)C(Cl)C(C)C)c(C#N)c2)cc1. The van der Waals surface area contributed by atoms with E-state index < -0.39 is 17.3 Å². The summed E-state index contributed by atoms with van der Waals surface area (Å²) in [7, 11) is 0. The number of rotatable bonds is 14. The fourth-order valence-electron chi connectivity index (χ4n) is 3.29. The summed E-state index contributed by atoms with van der Waals surface area (Å²) in [4.78, 5) is 24.6. The third-order valence-corrected chi connectivity index (χ3v) is 6.09. The van der Waals surface area contributed by atoms with Crippen molar-refractivity contribution >= 4 is 23.5 Å². The molecule has 0 aliphatic rings. The van der Waals surface area contributed by atoms with Gasteiger partial charge in [-0.15, -0.1) is 11.6 Å². The largest absolute Gasteiger partial charge is 0.494 e. The summed E-state index contributed by atoms with van der Waals surface area (Å²) < 4.78 is 16.4. The van der Waals surface area contributed by atoms with Crippen LogP contribution in [0.15, 0.2) is 42.5 Å². The molecular formula is C28H34ClNO5. The van der Waals surface area contributed by atoms with Gasteiger partial charge in [-0.25, -0.2) is 4.79 Å². The van der Waals surface area contributed by atoms with E-state index in [1.165, 1.54) is 50.3 Å². The molecule has 6 nitrogen and oxygen atoms in total. The molecule has 0 bridgehead atoms. The van der Waals surface area contributed by atoms with Crippen LogP contribution in [0, 0.1) is 17.2 Å². The van der Waals surface area contributed by atoms with Crippen molar-refractivity contribution in [3.05, 3.63) is 53.6 Å². The van der Waals surface area contributed by atoms with Gasteiger partial charge in [0.25, 0.3) is 0 Å². The van der Waals surface area contributed by atoms with Gasteiger partial charge >= 0.3 is 11.9 Å². The summed E-state index contributed by atoms with van der Waals surface area (Å²) in [5, 5.41) is 8.58. The molecule has 0 aliphatic carbocycles. The summed E-state index contributed by atoms with van der Waals surface area (Å²) in [6.45, 7) is 6.45. The molecule has 0 aromatic heterocycles. The van der Waals surface area contributed by atoms with Crippen LogP contribution in [0.1, 0.15) is 81.6 Å². The molecule has 188 valence electrons. The predicted molar refractivity (Wildman–Crippen MR) is 136 cm³/mol. The number of ether oxygens (including phenoxy) is 3. The van der Waals surface area contributed by atoms with E-state index >= 15 is 0 Å². The maximum atomic E-state index is 12.5. The molecule has 0 saturated carbocycles. The molecule has 2 rings (SSSR count). The van der Waals surface area contributed by atoms with Crippen LogP contribution in [-0.4, -0.2) is 23.9 Å². The Hall–Kier alpha value is -3.04. The lowest BCUT2D eigenvalue weighted by Gasteiger charge is -2.13. The Balaban J connectivity index is 1.86. The number of halogens is 1. The van der Waals surface area contributed by atoms with Crippen LogP contribution in [0.3, 0.4) is 0 Å². The Morgan fingerprint density at radius 2 is 1.54 bits per heavy atom. The monoisotopic (exact) mass is 499 g/mol. The first-order chi connectivity index (χ1) is 16.8. The van der Waals surface area contributed by atoms with E-state index in [9.17, 15) is 14.9 Å². The number of carbonyl (C=O) groups is 2. The number of esters is 2. The number of carbonyl (C=O) groups excluding carboxylic acids is 2. The Morgan fingerprint density at radius 3 is 2.17 bits per heavy atom. The van der Waals surface area contributed by atoms with E-state index in [-0.39, 0.29) is 22.8 Å². The third-order valence-electron chi connectivity index (χ3n) is 5.41. The number of hydrogen-bond donors (Lipinski definition) is 0. The molecule has 1 atom stereocenters. The lowest BCUT2D eigenvalue weighted by atomic mass is 10.1. The third kappa shape index (κ3) is 9.62. The maximum Gasteiger partial charge on any atom is 0.343 e. The second-order valence-corrected chi connectivity index (χ2v) is 9.19. The number of unbranched alkanes of at least 4 members (excludes halogenated alkanes) is 6. The zero-order chi connectivity index (χ0) is 25.6. The summed E-state index contributed by atoms with van der Waals surface area (Å²) in [5.41, 5.74) is 0.196. The van der Waals surface area contributed by atoms with Crippen LogP contribution < -0.4 is 14.2 Å². The molecule has 0 radical (unpaired) electrons. The van der Waals surface area contributed by atoms with E-state index in [0.717, 1.165) is 12.8 Å². The van der Waals surface area contributed by atoms with Crippen molar-refractivity contribution < 1.29 is 23.8 Å². The number of nitriles is 1. The molecular weight excluding hydrogens is 466 g/mol. The van der Waals surface area contributed by atoms with Crippen molar-refractivity contribution in [1.82, 2.24) is 0 Å². The second-order valence-electron chi connectivity index (χ2n) is 8.72. The van der Waals surface area contributed by atoms with Gasteiger partial charge in [0.2, 0.25) is 0 Å². The Kier molecular flexibility index (Phi) is 12.1. The average molecular weight is 500 g/mol. The number of hydrogen-bond acceptors (Lipinski definition) is 6. The van der Waals surface area contributed by atoms with Gasteiger partial charge < -0.3 is 14.2 Å². The van der Waals surface area contributed by atoms with Crippen LogP contribution in [0.4, 0.5) is 0 Å². The van der Waals surface area contributed by atoms with E-state index in [1.807, 2.05) is 6.07 Å². The van der Waals surface area contributed by atoms with Crippen LogP contribution in [0.2, 0.25) is 0 Å². The van der Waals surface area contributed by atoms with Crippen LogP contribution in [0.5, 0.6) is 17.2 Å². The highest BCUT2D eigenvalue weighted by Crippen LogP contribution is 2.24. The van der Waals surface area contributed by atoms with Crippen molar-refractivity contribution in [2.24, 2.45) is 5.92 Å².